The van der Waals surface area contributed by atoms with Crippen LogP contribution in [-0.4, -0.2) is 23.9 Å². The van der Waals surface area contributed by atoms with Gasteiger partial charge in [-0.15, -0.1) is 0 Å². The normalized spacial score (nSPS) is 18.0. The molecule has 0 atom stereocenters. The molecule has 0 spiro atoms. The molecule has 0 bridgehead atoms. The van der Waals surface area contributed by atoms with Gasteiger partial charge in [0.1, 0.15) is 18.0 Å². The molecule has 0 amide bonds. The maximum Gasteiger partial charge on any atom is 0.125 e. The summed E-state index contributed by atoms with van der Waals surface area (Å²) in [6.07, 6.45) is 7.37. The number of benzene rings is 1. The summed E-state index contributed by atoms with van der Waals surface area (Å²) in [6.45, 7) is 0.997. The monoisotopic (exact) mass is 287 g/mol. The lowest BCUT2D eigenvalue weighted by molar-refractivity contribution is 0.0718. The molecule has 3 heteroatoms. The van der Waals surface area contributed by atoms with Crippen LogP contribution in [0, 0.1) is 11.8 Å². The minimum Gasteiger partial charge on any atom is -0.492 e. The third kappa shape index (κ3) is 5.41. The van der Waals surface area contributed by atoms with Crippen LogP contribution in [0.25, 0.3) is 0 Å². The van der Waals surface area contributed by atoms with Crippen molar-refractivity contribution in [2.24, 2.45) is 5.73 Å². The molecule has 1 saturated carbocycles. The second-order valence-corrected chi connectivity index (χ2v) is 5.71. The topological polar surface area (TPSA) is 55.5 Å². The van der Waals surface area contributed by atoms with Crippen LogP contribution in [0.5, 0.6) is 5.75 Å². The lowest BCUT2D eigenvalue weighted by Gasteiger charge is -2.24. The molecule has 0 unspecified atom stereocenters. The van der Waals surface area contributed by atoms with E-state index in [1.165, 1.54) is 19.3 Å². The minimum atomic E-state index is -0.825. The van der Waals surface area contributed by atoms with Crippen LogP contribution < -0.4 is 10.5 Å². The summed E-state index contributed by atoms with van der Waals surface area (Å²) in [5.41, 5.74) is 5.48. The molecule has 0 aliphatic heterocycles. The predicted octanol–water partition coefficient (Wildman–Crippen LogP) is 2.85. The van der Waals surface area contributed by atoms with Crippen molar-refractivity contribution in [1.82, 2.24) is 0 Å². The van der Waals surface area contributed by atoms with Crippen molar-refractivity contribution >= 4 is 0 Å². The Hall–Kier alpha value is -1.50. The van der Waals surface area contributed by atoms with Gasteiger partial charge < -0.3 is 15.6 Å². The number of ether oxygens (including phenoxy) is 1. The van der Waals surface area contributed by atoms with Crippen molar-refractivity contribution < 1.29 is 9.84 Å². The highest BCUT2D eigenvalue weighted by Gasteiger charge is 2.24. The molecular formula is C18H25NO2. The number of aliphatic hydroxyl groups is 1. The van der Waals surface area contributed by atoms with Gasteiger partial charge in [-0.25, -0.2) is 0 Å². The second-order valence-electron chi connectivity index (χ2n) is 5.71. The summed E-state index contributed by atoms with van der Waals surface area (Å²) in [5.74, 6) is 6.97. The van der Waals surface area contributed by atoms with Crippen molar-refractivity contribution in [2.45, 2.75) is 50.5 Å². The standard InChI is InChI=1S/C18H25NO2/c19-13-14-21-17-8-6-7-16(15-17)9-12-18(20)10-4-2-1-3-5-11-18/h6-8,15,20H,1-5,10-11,13-14,19H2. The van der Waals surface area contributed by atoms with Gasteiger partial charge in [-0.05, 0) is 43.9 Å². The average molecular weight is 287 g/mol. The summed E-state index contributed by atoms with van der Waals surface area (Å²) in [7, 11) is 0. The lowest BCUT2D eigenvalue weighted by atomic mass is 9.87. The number of hydrogen-bond acceptors (Lipinski definition) is 3. The summed E-state index contributed by atoms with van der Waals surface area (Å²) in [6, 6.07) is 7.65. The Morgan fingerprint density at radius 2 is 1.86 bits per heavy atom. The molecule has 0 heterocycles. The molecule has 114 valence electrons. The van der Waals surface area contributed by atoms with Gasteiger partial charge in [-0.1, -0.05) is 37.2 Å². The van der Waals surface area contributed by atoms with Gasteiger partial charge in [0, 0.05) is 12.1 Å². The Balaban J connectivity index is 2.05. The van der Waals surface area contributed by atoms with E-state index in [9.17, 15) is 5.11 Å². The summed E-state index contributed by atoms with van der Waals surface area (Å²) in [4.78, 5) is 0. The summed E-state index contributed by atoms with van der Waals surface area (Å²) >= 11 is 0. The van der Waals surface area contributed by atoms with E-state index in [-0.39, 0.29) is 0 Å². The molecule has 3 N–H and O–H groups in total. The Labute approximate surface area is 127 Å². The van der Waals surface area contributed by atoms with Crippen LogP contribution >= 0.6 is 0 Å². The SMILES string of the molecule is NCCOc1cccc(C#CC2(O)CCCCCCC2)c1. The van der Waals surface area contributed by atoms with E-state index in [0.29, 0.717) is 13.2 Å². The first-order valence-corrected chi connectivity index (χ1v) is 7.90. The Kier molecular flexibility index (Phi) is 6.10. The highest BCUT2D eigenvalue weighted by atomic mass is 16.5. The minimum absolute atomic E-state index is 0.496. The van der Waals surface area contributed by atoms with E-state index in [1.54, 1.807) is 0 Å². The second kappa shape index (κ2) is 8.07. The first-order chi connectivity index (χ1) is 10.2. The van der Waals surface area contributed by atoms with E-state index < -0.39 is 5.60 Å². The van der Waals surface area contributed by atoms with Crippen molar-refractivity contribution in [3.63, 3.8) is 0 Å². The molecule has 1 aromatic carbocycles. The quantitative estimate of drug-likeness (QED) is 0.841. The predicted molar refractivity (Wildman–Crippen MR) is 85.1 cm³/mol. The van der Waals surface area contributed by atoms with Gasteiger partial charge in [0.15, 0.2) is 0 Å². The lowest BCUT2D eigenvalue weighted by Crippen LogP contribution is -2.27. The van der Waals surface area contributed by atoms with E-state index in [4.69, 9.17) is 10.5 Å². The fourth-order valence-electron chi connectivity index (χ4n) is 2.64. The largest absolute Gasteiger partial charge is 0.492 e. The fraction of sp³-hybridized carbons (Fsp3) is 0.556. The highest BCUT2D eigenvalue weighted by molar-refractivity contribution is 5.41. The van der Waals surface area contributed by atoms with Crippen LogP contribution in [0.1, 0.15) is 50.5 Å². The Morgan fingerprint density at radius 1 is 1.14 bits per heavy atom. The highest BCUT2D eigenvalue weighted by Crippen LogP contribution is 2.25. The molecular weight excluding hydrogens is 262 g/mol. The molecule has 0 radical (unpaired) electrons. The van der Waals surface area contributed by atoms with E-state index >= 15 is 0 Å². The van der Waals surface area contributed by atoms with Gasteiger partial charge in [0.2, 0.25) is 0 Å². The zero-order valence-corrected chi connectivity index (χ0v) is 12.6. The van der Waals surface area contributed by atoms with Gasteiger partial charge >= 0.3 is 0 Å². The maximum atomic E-state index is 10.6. The molecule has 1 aliphatic rings. The van der Waals surface area contributed by atoms with Crippen LogP contribution in [0.2, 0.25) is 0 Å². The van der Waals surface area contributed by atoms with Crippen LogP contribution in [0.4, 0.5) is 0 Å². The van der Waals surface area contributed by atoms with Crippen LogP contribution in [0.3, 0.4) is 0 Å². The first kappa shape index (κ1) is 15.9. The zero-order chi connectivity index (χ0) is 15.0. The molecule has 1 fully saturated rings. The molecule has 1 aliphatic carbocycles. The fourth-order valence-corrected chi connectivity index (χ4v) is 2.64. The maximum absolute atomic E-state index is 10.6. The van der Waals surface area contributed by atoms with Crippen molar-refractivity contribution in [3.8, 4) is 17.6 Å². The third-order valence-corrected chi connectivity index (χ3v) is 3.84. The zero-order valence-electron chi connectivity index (χ0n) is 12.6. The Morgan fingerprint density at radius 3 is 2.57 bits per heavy atom. The molecule has 2 rings (SSSR count). The molecule has 0 saturated heterocycles. The van der Waals surface area contributed by atoms with Crippen molar-refractivity contribution in [2.75, 3.05) is 13.2 Å². The van der Waals surface area contributed by atoms with Gasteiger partial charge in [-0.3, -0.25) is 0 Å². The van der Waals surface area contributed by atoms with Crippen LogP contribution in [-0.2, 0) is 0 Å². The van der Waals surface area contributed by atoms with Gasteiger partial charge in [0.25, 0.3) is 0 Å². The van der Waals surface area contributed by atoms with E-state index in [2.05, 4.69) is 11.8 Å². The smallest absolute Gasteiger partial charge is 0.125 e. The summed E-state index contributed by atoms with van der Waals surface area (Å²) < 4.78 is 5.49. The third-order valence-electron chi connectivity index (χ3n) is 3.84. The van der Waals surface area contributed by atoms with Crippen LogP contribution in [0.15, 0.2) is 24.3 Å². The number of hydrogen-bond donors (Lipinski definition) is 2. The molecule has 1 aromatic rings. The first-order valence-electron chi connectivity index (χ1n) is 7.90. The number of rotatable bonds is 3. The average Bonchev–Trinajstić information content (AvgIpc) is 2.48. The molecule has 0 aromatic heterocycles. The summed E-state index contributed by atoms with van der Waals surface area (Å²) in [5, 5.41) is 10.6. The molecule has 3 nitrogen and oxygen atoms in total. The van der Waals surface area contributed by atoms with Gasteiger partial charge in [0.05, 0.1) is 0 Å². The van der Waals surface area contributed by atoms with E-state index in [1.807, 2.05) is 24.3 Å². The van der Waals surface area contributed by atoms with Crippen molar-refractivity contribution in [1.29, 1.82) is 0 Å². The van der Waals surface area contributed by atoms with Crippen molar-refractivity contribution in [3.05, 3.63) is 29.8 Å². The van der Waals surface area contributed by atoms with E-state index in [0.717, 1.165) is 37.0 Å². The Bertz CT molecular complexity index is 493. The number of nitrogens with two attached hydrogens (primary N) is 1. The van der Waals surface area contributed by atoms with Gasteiger partial charge in [-0.2, -0.15) is 0 Å². The molecule has 21 heavy (non-hydrogen) atoms.